The largest absolute Gasteiger partial charge is 0.273 e. The Morgan fingerprint density at radius 2 is 2.20 bits per heavy atom. The maximum absolute atomic E-state index is 10.5. The molecule has 0 spiro atoms. The van der Waals surface area contributed by atoms with Gasteiger partial charge in [-0.2, -0.15) is 5.54 Å². The van der Waals surface area contributed by atoms with Gasteiger partial charge in [-0.05, 0) is 0 Å². The Morgan fingerprint density at radius 3 is 2.20 bits per heavy atom. The molecule has 0 bridgehead atoms. The van der Waals surface area contributed by atoms with E-state index in [9.17, 15) is 9.28 Å². The Hall–Kier alpha value is -0.600. The lowest BCUT2D eigenvalue weighted by molar-refractivity contribution is -0.123. The Balaban J connectivity index is 2.85. The molecule has 0 unspecified atom stereocenters. The highest BCUT2D eigenvalue weighted by molar-refractivity contribution is 5.71. The maximum Gasteiger partial charge on any atom is 0.244 e. The molecule has 1 N–H and O–H groups in total. The number of hydrogen-bond donors (Lipinski definition) is 1. The van der Waals surface area contributed by atoms with E-state index in [1.54, 1.807) is 0 Å². The first kappa shape index (κ1) is 4.40. The van der Waals surface area contributed by atoms with Gasteiger partial charge in [0.2, 0.25) is 5.91 Å². The molecular formula is C2H4FNO. The number of hydrogen-bond acceptors (Lipinski definition) is 1. The Kier molecular flexibility index (Phi) is 1.49. The third-order valence-corrected chi connectivity index (χ3v) is 0.133. The molecule has 0 aliphatic rings. The molecule has 30 valence electrons. The maximum atomic E-state index is 10.5. The summed E-state index contributed by atoms with van der Waals surface area (Å²) in [7, 11) is 0. The number of halogens is 1. The van der Waals surface area contributed by atoms with Crippen LogP contribution in [-0.4, -0.2) is 5.91 Å². The quantitative estimate of drug-likeness (QED) is 0.405. The fourth-order valence-electron chi connectivity index (χ4n) is 0. The molecule has 0 saturated carbocycles. The molecule has 0 fully saturated rings. The zero-order valence-electron chi connectivity index (χ0n) is 2.79. The van der Waals surface area contributed by atoms with Crippen molar-refractivity contribution >= 4 is 5.91 Å². The fraction of sp³-hybridized carbons (Fsp3) is 0.500. The van der Waals surface area contributed by atoms with Gasteiger partial charge >= 0.3 is 0 Å². The van der Waals surface area contributed by atoms with Crippen molar-refractivity contribution in [2.45, 2.75) is 6.92 Å². The topological polar surface area (TPSA) is 29.1 Å². The second-order valence-corrected chi connectivity index (χ2v) is 0.651. The molecule has 0 radical (unpaired) electrons. The second-order valence-electron chi connectivity index (χ2n) is 0.651. The van der Waals surface area contributed by atoms with E-state index in [1.807, 2.05) is 0 Å². The number of carbonyl (C=O) groups excluding carboxylic acids is 1. The minimum atomic E-state index is -0.662. The number of nitrogens with one attached hydrogen (secondary N) is 1. The van der Waals surface area contributed by atoms with Gasteiger partial charge < -0.3 is 0 Å². The first-order valence-corrected chi connectivity index (χ1v) is 1.14. The predicted molar refractivity (Wildman–Crippen MR) is 14.9 cm³/mol. The monoisotopic (exact) mass is 77.0 g/mol. The molecule has 0 aromatic rings. The predicted octanol–water partition coefficient (Wildman–Crippen LogP) is 0.00700. The molecule has 1 amide bonds. The lowest BCUT2D eigenvalue weighted by Crippen LogP contribution is -2.06. The molecule has 0 rings (SSSR count). The molecule has 0 saturated heterocycles. The highest BCUT2D eigenvalue weighted by atomic mass is 19.2. The van der Waals surface area contributed by atoms with Crippen molar-refractivity contribution in [3.8, 4) is 0 Å². The lowest BCUT2D eigenvalue weighted by Gasteiger charge is -1.74. The smallest absolute Gasteiger partial charge is 0.244 e. The van der Waals surface area contributed by atoms with Gasteiger partial charge in [0, 0.05) is 6.92 Å². The minimum absolute atomic E-state index is 0.662. The highest BCUT2D eigenvalue weighted by Crippen LogP contribution is 1.52. The number of rotatable bonds is 0. The van der Waals surface area contributed by atoms with Crippen molar-refractivity contribution in [2.75, 3.05) is 0 Å². The Labute approximate surface area is 28.9 Å². The highest BCUT2D eigenvalue weighted by Gasteiger charge is 1.77. The number of amides is 1. The van der Waals surface area contributed by atoms with Crippen LogP contribution in [0.25, 0.3) is 0 Å². The van der Waals surface area contributed by atoms with Crippen LogP contribution in [-0.2, 0) is 4.79 Å². The lowest BCUT2D eigenvalue weighted by atomic mass is 10.8. The van der Waals surface area contributed by atoms with Crippen LogP contribution in [0.3, 0.4) is 0 Å². The van der Waals surface area contributed by atoms with Crippen molar-refractivity contribution in [3.63, 3.8) is 0 Å². The van der Waals surface area contributed by atoms with Crippen molar-refractivity contribution in [2.24, 2.45) is 0 Å². The molecule has 0 aliphatic heterocycles. The normalized spacial score (nSPS) is 6.80. The van der Waals surface area contributed by atoms with Crippen LogP contribution < -0.4 is 5.54 Å². The van der Waals surface area contributed by atoms with Crippen LogP contribution >= 0.6 is 0 Å². The van der Waals surface area contributed by atoms with E-state index >= 15 is 0 Å². The van der Waals surface area contributed by atoms with Gasteiger partial charge in [0.15, 0.2) is 0 Å². The third kappa shape index (κ3) is 3.40. The second kappa shape index (κ2) is 1.69. The zero-order valence-corrected chi connectivity index (χ0v) is 2.79. The van der Waals surface area contributed by atoms with Gasteiger partial charge in [0.1, 0.15) is 0 Å². The zero-order chi connectivity index (χ0) is 4.28. The molecular weight excluding hydrogens is 73.0 g/mol. The molecule has 0 heterocycles. The van der Waals surface area contributed by atoms with Crippen LogP contribution in [0.2, 0.25) is 0 Å². The summed E-state index contributed by atoms with van der Waals surface area (Å²) >= 11 is 0. The van der Waals surface area contributed by atoms with Crippen molar-refractivity contribution in [3.05, 3.63) is 0 Å². The van der Waals surface area contributed by atoms with Crippen LogP contribution in [0.5, 0.6) is 0 Å². The van der Waals surface area contributed by atoms with Gasteiger partial charge in [-0.25, -0.2) is 0 Å². The van der Waals surface area contributed by atoms with Crippen molar-refractivity contribution in [1.29, 1.82) is 0 Å². The van der Waals surface area contributed by atoms with Crippen molar-refractivity contribution in [1.82, 2.24) is 5.54 Å². The van der Waals surface area contributed by atoms with Crippen molar-refractivity contribution < 1.29 is 9.28 Å². The molecule has 0 aromatic heterocycles. The van der Waals surface area contributed by atoms with E-state index in [4.69, 9.17) is 0 Å². The van der Waals surface area contributed by atoms with Gasteiger partial charge in [-0.1, -0.05) is 0 Å². The molecule has 0 aromatic carbocycles. The first-order chi connectivity index (χ1) is 2.27. The molecule has 0 atom stereocenters. The summed E-state index contributed by atoms with van der Waals surface area (Å²) in [6.07, 6.45) is 0. The summed E-state index contributed by atoms with van der Waals surface area (Å²) in [5.74, 6) is -0.662. The summed E-state index contributed by atoms with van der Waals surface area (Å²) in [4.78, 5) is 9.33. The van der Waals surface area contributed by atoms with Gasteiger partial charge in [0.05, 0.1) is 0 Å². The fourth-order valence-corrected chi connectivity index (χ4v) is 0. The standard InChI is InChI=1S/C2H4FNO/c1-2(5)4-3/h1H3,(H,4,5). The Bertz CT molecular complexity index is 44.9. The summed E-state index contributed by atoms with van der Waals surface area (Å²) < 4.78 is 10.5. The summed E-state index contributed by atoms with van der Waals surface area (Å²) in [5.41, 5.74) is 0.889. The van der Waals surface area contributed by atoms with E-state index < -0.39 is 5.91 Å². The van der Waals surface area contributed by atoms with Crippen LogP contribution in [0.1, 0.15) is 6.92 Å². The van der Waals surface area contributed by atoms with E-state index in [2.05, 4.69) is 0 Å². The summed E-state index contributed by atoms with van der Waals surface area (Å²) in [5, 5.41) is 0. The average Bonchev–Trinajstić information content (AvgIpc) is 1.38. The van der Waals surface area contributed by atoms with E-state index in [0.717, 1.165) is 12.5 Å². The van der Waals surface area contributed by atoms with Gasteiger partial charge in [0.25, 0.3) is 0 Å². The number of carbonyl (C=O) groups is 1. The Morgan fingerprint density at radius 1 is 2.00 bits per heavy atom. The average molecular weight is 77.1 g/mol. The van der Waals surface area contributed by atoms with Crippen LogP contribution in [0, 0.1) is 0 Å². The summed E-state index contributed by atoms with van der Waals surface area (Å²) in [6.45, 7) is 1.10. The van der Waals surface area contributed by atoms with Gasteiger partial charge in [-0.3, -0.25) is 4.79 Å². The van der Waals surface area contributed by atoms with Gasteiger partial charge in [-0.15, -0.1) is 4.48 Å². The third-order valence-electron chi connectivity index (χ3n) is 0.133. The SMILES string of the molecule is CC(=O)NF. The van der Waals surface area contributed by atoms with E-state index in [0.29, 0.717) is 0 Å². The van der Waals surface area contributed by atoms with E-state index in [1.165, 1.54) is 0 Å². The van der Waals surface area contributed by atoms with Crippen LogP contribution in [0.4, 0.5) is 4.48 Å². The summed E-state index contributed by atoms with van der Waals surface area (Å²) in [6, 6.07) is 0. The molecule has 2 nitrogen and oxygen atoms in total. The minimum Gasteiger partial charge on any atom is -0.273 e. The molecule has 0 aliphatic carbocycles. The van der Waals surface area contributed by atoms with E-state index in [-0.39, 0.29) is 0 Å². The first-order valence-electron chi connectivity index (χ1n) is 1.14. The van der Waals surface area contributed by atoms with Crippen LogP contribution in [0.15, 0.2) is 0 Å². The molecule has 5 heavy (non-hydrogen) atoms. The molecule has 3 heteroatoms.